The molecule has 1 aromatic carbocycles. The van der Waals surface area contributed by atoms with E-state index < -0.39 is 18.1 Å². The Morgan fingerprint density at radius 1 is 1.26 bits per heavy atom. The number of carbonyl (C=O) groups is 2. The van der Waals surface area contributed by atoms with Gasteiger partial charge in [0.15, 0.2) is 0 Å². The van der Waals surface area contributed by atoms with Crippen LogP contribution < -0.4 is 5.32 Å². The summed E-state index contributed by atoms with van der Waals surface area (Å²) in [5, 5.41) is 1.66. The van der Waals surface area contributed by atoms with E-state index in [-0.39, 0.29) is 17.4 Å². The average Bonchev–Trinajstić information content (AvgIpc) is 2.27. The molecule has 1 aromatic rings. The molecule has 1 rings (SSSR count). The van der Waals surface area contributed by atoms with E-state index in [1.54, 1.807) is 19.2 Å². The van der Waals surface area contributed by atoms with Crippen LogP contribution in [-0.4, -0.2) is 24.2 Å². The number of esters is 1. The van der Waals surface area contributed by atoms with Gasteiger partial charge in [-0.1, -0.05) is 6.07 Å². The molecule has 0 saturated carbocycles. The molecule has 0 atom stereocenters. The van der Waals surface area contributed by atoms with Gasteiger partial charge >= 0.3 is 18.1 Å². The van der Waals surface area contributed by atoms with Crippen LogP contribution >= 0.6 is 0 Å². The molecule has 0 heterocycles. The van der Waals surface area contributed by atoms with Gasteiger partial charge in [0.1, 0.15) is 0 Å². The van der Waals surface area contributed by atoms with Crippen LogP contribution in [-0.2, 0) is 9.53 Å². The minimum atomic E-state index is -4.98. The molecule has 0 bridgehead atoms. The molecule has 19 heavy (non-hydrogen) atoms. The summed E-state index contributed by atoms with van der Waals surface area (Å²) >= 11 is 0. The number of amides is 1. The molecule has 0 spiro atoms. The topological polar surface area (TPSA) is 55.4 Å². The Kier molecular flexibility index (Phi) is 4.52. The van der Waals surface area contributed by atoms with Crippen molar-refractivity contribution in [3.05, 3.63) is 29.8 Å². The number of benzene rings is 1. The third-order valence-corrected chi connectivity index (χ3v) is 1.96. The van der Waals surface area contributed by atoms with Crippen molar-refractivity contribution in [2.24, 2.45) is 0 Å². The Bertz CT molecular complexity index is 483. The van der Waals surface area contributed by atoms with Gasteiger partial charge in [-0.15, -0.1) is 0 Å². The smallest absolute Gasteiger partial charge is 0.459 e. The highest BCUT2D eigenvalue weighted by Gasteiger charge is 2.38. The monoisotopic (exact) mass is 275 g/mol. The van der Waals surface area contributed by atoms with Crippen LogP contribution in [0.3, 0.4) is 0 Å². The van der Waals surface area contributed by atoms with Gasteiger partial charge in [0, 0.05) is 5.69 Å². The number of rotatable bonds is 3. The zero-order chi connectivity index (χ0) is 14.6. The predicted molar refractivity (Wildman–Crippen MR) is 61.7 cm³/mol. The fourth-order valence-corrected chi connectivity index (χ4v) is 1.21. The van der Waals surface area contributed by atoms with Crippen LogP contribution in [0.4, 0.5) is 18.9 Å². The quantitative estimate of drug-likeness (QED) is 0.863. The summed E-state index contributed by atoms with van der Waals surface area (Å²) in [4.78, 5) is 22.3. The molecular weight excluding hydrogens is 263 g/mol. The third kappa shape index (κ3) is 4.61. The van der Waals surface area contributed by atoms with E-state index in [1.165, 1.54) is 18.2 Å². The van der Waals surface area contributed by atoms with Crippen molar-refractivity contribution >= 4 is 17.6 Å². The van der Waals surface area contributed by atoms with Crippen molar-refractivity contribution < 1.29 is 27.5 Å². The lowest BCUT2D eigenvalue weighted by atomic mass is 10.2. The van der Waals surface area contributed by atoms with Gasteiger partial charge in [-0.25, -0.2) is 4.79 Å². The Balaban J connectivity index is 2.83. The first-order valence-electron chi connectivity index (χ1n) is 5.39. The summed E-state index contributed by atoms with van der Waals surface area (Å²) in [6, 6.07) is 5.10. The molecule has 0 saturated heterocycles. The molecule has 0 aliphatic carbocycles. The lowest BCUT2D eigenvalue weighted by Crippen LogP contribution is -2.30. The maximum absolute atomic E-state index is 12.1. The largest absolute Gasteiger partial charge is 0.471 e. The first kappa shape index (κ1) is 15.0. The van der Waals surface area contributed by atoms with Crippen molar-refractivity contribution in [1.29, 1.82) is 0 Å². The second kappa shape index (κ2) is 5.73. The van der Waals surface area contributed by atoms with E-state index in [0.717, 1.165) is 6.07 Å². The summed E-state index contributed by atoms with van der Waals surface area (Å²) in [5.41, 5.74) is -0.0609. The average molecular weight is 275 g/mol. The Labute approximate surface area is 107 Å². The number of halogens is 3. The molecule has 0 aromatic heterocycles. The molecule has 0 aliphatic rings. The number of carbonyl (C=O) groups excluding carboxylic acids is 2. The normalized spacial score (nSPS) is 11.3. The van der Waals surface area contributed by atoms with E-state index >= 15 is 0 Å². The molecule has 4 nitrogen and oxygen atoms in total. The number of alkyl halides is 3. The van der Waals surface area contributed by atoms with Crippen molar-refractivity contribution in [2.45, 2.75) is 26.1 Å². The fraction of sp³-hybridized carbons (Fsp3) is 0.333. The van der Waals surface area contributed by atoms with Gasteiger partial charge in [-0.2, -0.15) is 13.2 Å². The first-order chi connectivity index (χ1) is 8.70. The lowest BCUT2D eigenvalue weighted by Gasteiger charge is -2.10. The Morgan fingerprint density at radius 2 is 1.89 bits per heavy atom. The summed E-state index contributed by atoms with van der Waals surface area (Å²) in [5.74, 6) is -2.76. The van der Waals surface area contributed by atoms with Crippen LogP contribution in [0.25, 0.3) is 0 Å². The third-order valence-electron chi connectivity index (χ3n) is 1.96. The van der Waals surface area contributed by atoms with Crippen LogP contribution in [0.5, 0.6) is 0 Å². The van der Waals surface area contributed by atoms with E-state index in [2.05, 4.69) is 0 Å². The van der Waals surface area contributed by atoms with Crippen LogP contribution in [0, 0.1) is 0 Å². The Morgan fingerprint density at radius 3 is 2.42 bits per heavy atom. The molecule has 0 unspecified atom stereocenters. The number of hydrogen-bond donors (Lipinski definition) is 1. The Hall–Kier alpha value is -2.05. The van der Waals surface area contributed by atoms with Crippen molar-refractivity contribution in [2.75, 3.05) is 5.32 Å². The maximum atomic E-state index is 12.1. The second-order valence-electron chi connectivity index (χ2n) is 3.99. The van der Waals surface area contributed by atoms with Gasteiger partial charge in [0.25, 0.3) is 0 Å². The maximum Gasteiger partial charge on any atom is 0.471 e. The molecule has 0 aliphatic heterocycles. The minimum absolute atomic E-state index is 0.0636. The van der Waals surface area contributed by atoms with Crippen LogP contribution in [0.2, 0.25) is 0 Å². The summed E-state index contributed by atoms with van der Waals surface area (Å²) < 4.78 is 41.1. The van der Waals surface area contributed by atoms with Gasteiger partial charge in [-0.3, -0.25) is 4.79 Å². The summed E-state index contributed by atoms with van der Waals surface area (Å²) in [6.07, 6.45) is -5.32. The second-order valence-corrected chi connectivity index (χ2v) is 3.99. The van der Waals surface area contributed by atoms with E-state index in [9.17, 15) is 22.8 Å². The molecule has 104 valence electrons. The molecular formula is C12H12F3NO3. The highest BCUT2D eigenvalue weighted by Crippen LogP contribution is 2.19. The predicted octanol–water partition coefficient (Wildman–Crippen LogP) is 2.75. The van der Waals surface area contributed by atoms with Crippen molar-refractivity contribution in [3.8, 4) is 0 Å². The number of ether oxygens (including phenoxy) is 1. The first-order valence-corrected chi connectivity index (χ1v) is 5.39. The highest BCUT2D eigenvalue weighted by atomic mass is 19.4. The van der Waals surface area contributed by atoms with E-state index in [4.69, 9.17) is 4.74 Å². The fourth-order valence-electron chi connectivity index (χ4n) is 1.21. The van der Waals surface area contributed by atoms with Gasteiger partial charge in [0.2, 0.25) is 0 Å². The SMILES string of the molecule is CC(C)OC(=O)c1cccc(NC(=O)C(F)(F)F)c1. The van der Waals surface area contributed by atoms with E-state index in [1.807, 2.05) is 0 Å². The van der Waals surface area contributed by atoms with Gasteiger partial charge in [-0.05, 0) is 32.0 Å². The molecule has 7 heteroatoms. The van der Waals surface area contributed by atoms with Crippen molar-refractivity contribution in [1.82, 2.24) is 0 Å². The highest BCUT2D eigenvalue weighted by molar-refractivity contribution is 5.97. The molecule has 1 amide bonds. The van der Waals surface area contributed by atoms with Crippen LogP contribution in [0.1, 0.15) is 24.2 Å². The lowest BCUT2D eigenvalue weighted by molar-refractivity contribution is -0.167. The van der Waals surface area contributed by atoms with E-state index in [0.29, 0.717) is 0 Å². The zero-order valence-corrected chi connectivity index (χ0v) is 10.2. The zero-order valence-electron chi connectivity index (χ0n) is 10.2. The minimum Gasteiger partial charge on any atom is -0.459 e. The van der Waals surface area contributed by atoms with Gasteiger partial charge < -0.3 is 10.1 Å². The van der Waals surface area contributed by atoms with Gasteiger partial charge in [0.05, 0.1) is 11.7 Å². The number of hydrogen-bond acceptors (Lipinski definition) is 3. The van der Waals surface area contributed by atoms with Crippen LogP contribution in [0.15, 0.2) is 24.3 Å². The molecule has 0 radical (unpaired) electrons. The summed E-state index contributed by atoms with van der Waals surface area (Å²) in [7, 11) is 0. The number of anilines is 1. The molecule has 1 N–H and O–H groups in total. The van der Waals surface area contributed by atoms with Crippen molar-refractivity contribution in [3.63, 3.8) is 0 Å². The number of nitrogens with one attached hydrogen (secondary N) is 1. The standard InChI is InChI=1S/C12H12F3NO3/c1-7(2)19-10(17)8-4-3-5-9(6-8)16-11(18)12(13,14)15/h3-7H,1-2H3,(H,16,18). The molecule has 0 fully saturated rings. The summed E-state index contributed by atoms with van der Waals surface area (Å²) in [6.45, 7) is 3.29.